The Kier molecular flexibility index (Phi) is 6.75. The number of aryl methyl sites for hydroxylation is 2. The monoisotopic (exact) mass is 415 g/mol. The summed E-state index contributed by atoms with van der Waals surface area (Å²) in [7, 11) is 2.00. The molecular weight excluding hydrogens is 386 g/mol. The average molecular weight is 416 g/mol. The van der Waals surface area contributed by atoms with Gasteiger partial charge in [-0.05, 0) is 70.3 Å². The fourth-order valence-corrected chi connectivity index (χ4v) is 4.40. The highest BCUT2D eigenvalue weighted by Crippen LogP contribution is 2.23. The van der Waals surface area contributed by atoms with Crippen LogP contribution in [-0.4, -0.2) is 52.1 Å². The van der Waals surface area contributed by atoms with Crippen LogP contribution in [0.3, 0.4) is 0 Å². The Balaban J connectivity index is 0.00000240. The summed E-state index contributed by atoms with van der Waals surface area (Å²) in [6.45, 7) is 6.93. The maximum Gasteiger partial charge on any atom is 0.222 e. The number of amides is 1. The number of carbonyl (C=O) groups excluding carboxylic acids is 1. The van der Waals surface area contributed by atoms with Crippen LogP contribution in [0.25, 0.3) is 16.6 Å². The zero-order valence-corrected chi connectivity index (χ0v) is 18.3. The Morgan fingerprint density at radius 1 is 1.21 bits per heavy atom. The van der Waals surface area contributed by atoms with E-state index in [0.717, 1.165) is 66.0 Å². The molecule has 156 valence electrons. The molecule has 4 rings (SSSR count). The largest absolute Gasteiger partial charge is 0.343 e. The van der Waals surface area contributed by atoms with Crippen molar-refractivity contribution in [1.29, 1.82) is 0 Å². The van der Waals surface area contributed by atoms with Crippen molar-refractivity contribution in [2.24, 2.45) is 5.92 Å². The van der Waals surface area contributed by atoms with Gasteiger partial charge in [0.15, 0.2) is 5.65 Å². The first-order chi connectivity index (χ1) is 13.6. The first kappa shape index (κ1) is 21.5. The van der Waals surface area contributed by atoms with E-state index in [0.29, 0.717) is 18.8 Å². The number of benzene rings is 1. The molecule has 1 aromatic carbocycles. The van der Waals surface area contributed by atoms with Gasteiger partial charge in [0.05, 0.1) is 5.52 Å². The molecule has 1 aliphatic heterocycles. The van der Waals surface area contributed by atoms with Crippen LogP contribution in [-0.2, 0) is 11.2 Å². The lowest BCUT2D eigenvalue weighted by Crippen LogP contribution is -2.40. The average Bonchev–Trinajstić information content (AvgIpc) is 3.07. The minimum Gasteiger partial charge on any atom is -0.343 e. The molecule has 0 atom stereocenters. The minimum absolute atomic E-state index is 0. The van der Waals surface area contributed by atoms with Gasteiger partial charge in [-0.3, -0.25) is 4.79 Å². The number of fused-ring (bicyclic) bond motifs is 3. The fourth-order valence-electron chi connectivity index (χ4n) is 4.40. The van der Waals surface area contributed by atoms with Gasteiger partial charge in [0.1, 0.15) is 0 Å². The quantitative estimate of drug-likeness (QED) is 0.694. The lowest BCUT2D eigenvalue weighted by Gasteiger charge is -2.32. The molecule has 1 saturated heterocycles. The van der Waals surface area contributed by atoms with Crippen molar-refractivity contribution >= 4 is 34.9 Å². The van der Waals surface area contributed by atoms with E-state index in [1.807, 2.05) is 41.6 Å². The zero-order valence-electron chi connectivity index (χ0n) is 17.4. The van der Waals surface area contributed by atoms with Gasteiger partial charge < -0.3 is 10.2 Å². The lowest BCUT2D eigenvalue weighted by atomic mass is 9.96. The van der Waals surface area contributed by atoms with Crippen molar-refractivity contribution < 1.29 is 4.79 Å². The molecule has 1 amide bonds. The van der Waals surface area contributed by atoms with Crippen molar-refractivity contribution in [3.63, 3.8) is 0 Å². The summed E-state index contributed by atoms with van der Waals surface area (Å²) in [5.41, 5.74) is 5.07. The molecule has 0 spiro atoms. The number of nitrogens with one attached hydrogen (secondary N) is 1. The molecule has 0 aliphatic carbocycles. The molecule has 1 aliphatic rings. The number of hydrogen-bond donors (Lipinski definition) is 1. The molecule has 0 radical (unpaired) electrons. The van der Waals surface area contributed by atoms with Gasteiger partial charge in [-0.2, -0.15) is 5.10 Å². The SMILES string of the molecule is CNCC1CCN(C(=O)CCc2c(C)nc3c4ccccc4nn3c2C)CC1.Cl. The van der Waals surface area contributed by atoms with E-state index < -0.39 is 0 Å². The molecule has 3 aromatic rings. The lowest BCUT2D eigenvalue weighted by molar-refractivity contribution is -0.132. The van der Waals surface area contributed by atoms with Crippen LogP contribution in [0.1, 0.15) is 36.2 Å². The molecule has 1 N–H and O–H groups in total. The molecule has 6 nitrogen and oxygen atoms in total. The number of piperidine rings is 1. The zero-order chi connectivity index (χ0) is 19.7. The highest BCUT2D eigenvalue weighted by molar-refractivity contribution is 5.92. The molecule has 29 heavy (non-hydrogen) atoms. The second-order valence-corrected chi connectivity index (χ2v) is 7.90. The first-order valence-electron chi connectivity index (χ1n) is 10.2. The molecule has 3 heterocycles. The Hall–Kier alpha value is -2.18. The van der Waals surface area contributed by atoms with Gasteiger partial charge in [-0.1, -0.05) is 12.1 Å². The maximum absolute atomic E-state index is 12.7. The van der Waals surface area contributed by atoms with Crippen molar-refractivity contribution in [2.45, 2.75) is 39.5 Å². The number of carbonyl (C=O) groups is 1. The number of hydrogen-bond acceptors (Lipinski definition) is 4. The predicted octanol–water partition coefficient (Wildman–Crippen LogP) is 3.31. The van der Waals surface area contributed by atoms with Crippen molar-refractivity contribution in [2.75, 3.05) is 26.7 Å². The third-order valence-corrected chi connectivity index (χ3v) is 6.07. The van der Waals surface area contributed by atoms with Crippen molar-refractivity contribution in [3.8, 4) is 0 Å². The summed E-state index contributed by atoms with van der Waals surface area (Å²) in [6.07, 6.45) is 3.44. The second kappa shape index (κ2) is 9.09. The number of halogens is 1. The summed E-state index contributed by atoms with van der Waals surface area (Å²) in [5.74, 6) is 0.950. The number of likely N-dealkylation sites (tertiary alicyclic amines) is 1. The standard InChI is InChI=1S/C22H29N5O.ClH/c1-15-18(8-9-21(28)26-12-10-17(11-13-26)14-23-3)16(2)27-22(24-15)19-6-4-5-7-20(19)25-27;/h4-7,17,23H,8-14H2,1-3H3;1H. The van der Waals surface area contributed by atoms with Gasteiger partial charge >= 0.3 is 0 Å². The Morgan fingerprint density at radius 3 is 2.66 bits per heavy atom. The third kappa shape index (κ3) is 4.23. The van der Waals surface area contributed by atoms with Crippen LogP contribution < -0.4 is 5.32 Å². The first-order valence-corrected chi connectivity index (χ1v) is 10.2. The number of nitrogens with zero attached hydrogens (tertiary/aromatic N) is 4. The van der Waals surface area contributed by atoms with E-state index in [9.17, 15) is 4.79 Å². The fraction of sp³-hybridized carbons (Fsp3) is 0.500. The summed E-state index contributed by atoms with van der Waals surface area (Å²) < 4.78 is 1.93. The summed E-state index contributed by atoms with van der Waals surface area (Å²) in [6, 6.07) is 8.09. The van der Waals surface area contributed by atoms with Crippen LogP contribution in [0, 0.1) is 19.8 Å². The predicted molar refractivity (Wildman–Crippen MR) is 119 cm³/mol. The Bertz CT molecular complexity index is 1010. The molecule has 0 saturated carbocycles. The van der Waals surface area contributed by atoms with Crippen molar-refractivity contribution in [3.05, 3.63) is 41.2 Å². The Morgan fingerprint density at radius 2 is 1.93 bits per heavy atom. The molecule has 0 unspecified atom stereocenters. The number of rotatable bonds is 5. The van der Waals surface area contributed by atoms with Crippen LogP contribution in [0.4, 0.5) is 0 Å². The van der Waals surface area contributed by atoms with Crippen LogP contribution >= 0.6 is 12.4 Å². The maximum atomic E-state index is 12.7. The molecule has 2 aromatic heterocycles. The van der Waals surface area contributed by atoms with Crippen LogP contribution in [0.5, 0.6) is 0 Å². The second-order valence-electron chi connectivity index (χ2n) is 7.90. The molecule has 0 bridgehead atoms. The third-order valence-electron chi connectivity index (χ3n) is 6.07. The van der Waals surface area contributed by atoms with Crippen LogP contribution in [0.15, 0.2) is 24.3 Å². The van der Waals surface area contributed by atoms with Crippen LogP contribution in [0.2, 0.25) is 0 Å². The highest BCUT2D eigenvalue weighted by atomic mass is 35.5. The van der Waals surface area contributed by atoms with Gasteiger partial charge in [-0.25, -0.2) is 9.50 Å². The van der Waals surface area contributed by atoms with E-state index >= 15 is 0 Å². The van der Waals surface area contributed by atoms with E-state index in [2.05, 4.69) is 18.3 Å². The number of aromatic nitrogens is 3. The summed E-state index contributed by atoms with van der Waals surface area (Å²) >= 11 is 0. The van der Waals surface area contributed by atoms with Gasteiger partial charge in [0, 0.05) is 36.3 Å². The van der Waals surface area contributed by atoms with E-state index in [1.165, 1.54) is 0 Å². The summed E-state index contributed by atoms with van der Waals surface area (Å²) in [4.78, 5) is 19.6. The normalized spacial score (nSPS) is 15.1. The van der Waals surface area contributed by atoms with Gasteiger partial charge in [0.25, 0.3) is 0 Å². The molecule has 1 fully saturated rings. The molecule has 7 heteroatoms. The van der Waals surface area contributed by atoms with Gasteiger partial charge in [-0.15, -0.1) is 12.4 Å². The summed E-state index contributed by atoms with van der Waals surface area (Å²) in [5, 5.41) is 9.03. The van der Waals surface area contributed by atoms with Crippen molar-refractivity contribution in [1.82, 2.24) is 24.8 Å². The molecular formula is C22H30ClN5O. The van der Waals surface area contributed by atoms with E-state index in [1.54, 1.807) is 0 Å². The smallest absolute Gasteiger partial charge is 0.222 e. The van der Waals surface area contributed by atoms with E-state index in [4.69, 9.17) is 10.1 Å². The van der Waals surface area contributed by atoms with Gasteiger partial charge in [0.2, 0.25) is 5.91 Å². The highest BCUT2D eigenvalue weighted by Gasteiger charge is 2.23. The van der Waals surface area contributed by atoms with E-state index in [-0.39, 0.29) is 18.3 Å². The Labute approximate surface area is 178 Å². The minimum atomic E-state index is 0. The topological polar surface area (TPSA) is 62.5 Å².